The molecular formula is C19H25N3O3. The van der Waals surface area contributed by atoms with Crippen molar-refractivity contribution in [2.75, 3.05) is 26.5 Å². The van der Waals surface area contributed by atoms with Crippen LogP contribution in [0.15, 0.2) is 18.2 Å². The molecule has 2 rings (SSSR count). The van der Waals surface area contributed by atoms with Gasteiger partial charge in [0.25, 0.3) is 5.91 Å². The van der Waals surface area contributed by atoms with Crippen LogP contribution in [-0.4, -0.2) is 43.0 Å². The molecule has 0 unspecified atom stereocenters. The molecule has 0 spiro atoms. The summed E-state index contributed by atoms with van der Waals surface area (Å²) in [6.07, 6.45) is 0. The van der Waals surface area contributed by atoms with Gasteiger partial charge in [-0.2, -0.15) is 0 Å². The van der Waals surface area contributed by atoms with E-state index in [2.05, 4.69) is 16.4 Å². The van der Waals surface area contributed by atoms with Gasteiger partial charge in [0.1, 0.15) is 5.69 Å². The van der Waals surface area contributed by atoms with Crippen molar-refractivity contribution in [3.63, 3.8) is 0 Å². The van der Waals surface area contributed by atoms with Crippen molar-refractivity contribution in [1.29, 1.82) is 0 Å². The number of hydrogen-bond donors (Lipinski definition) is 2. The minimum absolute atomic E-state index is 0.278. The van der Waals surface area contributed by atoms with Crippen molar-refractivity contribution in [2.45, 2.75) is 27.3 Å². The van der Waals surface area contributed by atoms with Crippen LogP contribution in [-0.2, 0) is 11.3 Å². The zero-order chi connectivity index (χ0) is 18.7. The van der Waals surface area contributed by atoms with Crippen LogP contribution in [0.25, 0.3) is 0 Å². The van der Waals surface area contributed by atoms with Gasteiger partial charge in [-0.25, -0.2) is 4.79 Å². The third-order valence-electron chi connectivity index (χ3n) is 4.05. The average Bonchev–Trinajstić information content (AvgIpc) is 2.83. The number of aryl methyl sites for hydroxylation is 2. The largest absolute Gasteiger partial charge is 0.465 e. The number of esters is 1. The minimum Gasteiger partial charge on any atom is -0.465 e. The minimum atomic E-state index is -0.450. The fraction of sp³-hybridized carbons (Fsp3) is 0.368. The number of hydrogen-bond acceptors (Lipinski definition) is 4. The summed E-state index contributed by atoms with van der Waals surface area (Å²) < 4.78 is 4.79. The van der Waals surface area contributed by atoms with Crippen molar-refractivity contribution in [2.24, 2.45) is 0 Å². The third kappa shape index (κ3) is 4.09. The van der Waals surface area contributed by atoms with Gasteiger partial charge in [0, 0.05) is 17.9 Å². The van der Waals surface area contributed by atoms with Gasteiger partial charge in [-0.05, 0) is 52.1 Å². The van der Waals surface area contributed by atoms with Crippen LogP contribution in [0.3, 0.4) is 0 Å². The maximum atomic E-state index is 12.7. The number of benzene rings is 1. The molecule has 2 aromatic rings. The molecule has 6 heteroatoms. The molecule has 1 aromatic heterocycles. The molecule has 0 atom stereocenters. The highest BCUT2D eigenvalue weighted by Crippen LogP contribution is 2.23. The number of ether oxygens (including phenoxy) is 1. The summed E-state index contributed by atoms with van der Waals surface area (Å²) in [6.45, 7) is 6.22. The Balaban J connectivity index is 2.34. The smallest absolute Gasteiger partial charge is 0.339 e. The number of anilines is 1. The number of aromatic nitrogens is 1. The van der Waals surface area contributed by atoms with Crippen molar-refractivity contribution >= 4 is 17.6 Å². The molecular weight excluding hydrogens is 318 g/mol. The van der Waals surface area contributed by atoms with Crippen LogP contribution in [0.5, 0.6) is 0 Å². The third-order valence-corrected chi connectivity index (χ3v) is 4.05. The van der Waals surface area contributed by atoms with Gasteiger partial charge in [-0.3, -0.25) is 4.79 Å². The van der Waals surface area contributed by atoms with Crippen molar-refractivity contribution in [1.82, 2.24) is 9.88 Å². The zero-order valence-corrected chi connectivity index (χ0v) is 15.6. The van der Waals surface area contributed by atoms with Crippen LogP contribution in [0, 0.1) is 20.8 Å². The molecule has 1 heterocycles. The molecule has 0 aliphatic heterocycles. The highest BCUT2D eigenvalue weighted by molar-refractivity contribution is 6.07. The number of carbonyl (C=O) groups is 2. The van der Waals surface area contributed by atoms with Gasteiger partial charge in [0.15, 0.2) is 0 Å². The van der Waals surface area contributed by atoms with E-state index in [0.717, 1.165) is 16.8 Å². The predicted octanol–water partition coefficient (Wildman–Crippen LogP) is 3.04. The van der Waals surface area contributed by atoms with E-state index in [-0.39, 0.29) is 5.91 Å². The van der Waals surface area contributed by atoms with Crippen molar-refractivity contribution in [3.05, 3.63) is 51.8 Å². The first-order valence-electron chi connectivity index (χ1n) is 8.07. The lowest BCUT2D eigenvalue weighted by molar-refractivity contribution is 0.0599. The van der Waals surface area contributed by atoms with Gasteiger partial charge >= 0.3 is 5.97 Å². The second-order valence-corrected chi connectivity index (χ2v) is 6.47. The number of H-pyrrole nitrogens is 1. The molecule has 0 saturated heterocycles. The van der Waals surface area contributed by atoms with Gasteiger partial charge in [-0.1, -0.05) is 17.7 Å². The summed E-state index contributed by atoms with van der Waals surface area (Å²) in [5.74, 6) is -0.728. The summed E-state index contributed by atoms with van der Waals surface area (Å²) in [7, 11) is 5.29. The topological polar surface area (TPSA) is 74.4 Å². The number of rotatable bonds is 5. The molecule has 0 bridgehead atoms. The maximum absolute atomic E-state index is 12.7. The lowest BCUT2D eigenvalue weighted by atomic mass is 10.1. The van der Waals surface area contributed by atoms with Crippen LogP contribution in [0.4, 0.5) is 5.69 Å². The van der Waals surface area contributed by atoms with E-state index in [1.54, 1.807) is 13.8 Å². The van der Waals surface area contributed by atoms with Gasteiger partial charge in [-0.15, -0.1) is 0 Å². The molecule has 6 nitrogen and oxygen atoms in total. The Morgan fingerprint density at radius 1 is 1.20 bits per heavy atom. The fourth-order valence-corrected chi connectivity index (χ4v) is 2.89. The quantitative estimate of drug-likeness (QED) is 0.818. The lowest BCUT2D eigenvalue weighted by Gasteiger charge is -2.16. The Kier molecular flexibility index (Phi) is 5.64. The first-order chi connectivity index (χ1) is 11.7. The van der Waals surface area contributed by atoms with Crippen molar-refractivity contribution < 1.29 is 14.3 Å². The Bertz CT molecular complexity index is 806. The zero-order valence-electron chi connectivity index (χ0n) is 15.6. The molecule has 134 valence electrons. The van der Waals surface area contributed by atoms with E-state index in [9.17, 15) is 9.59 Å². The highest BCUT2D eigenvalue weighted by Gasteiger charge is 2.23. The van der Waals surface area contributed by atoms with E-state index in [0.29, 0.717) is 29.1 Å². The van der Waals surface area contributed by atoms with E-state index >= 15 is 0 Å². The fourth-order valence-electron chi connectivity index (χ4n) is 2.89. The summed E-state index contributed by atoms with van der Waals surface area (Å²) in [6, 6.07) is 5.92. The van der Waals surface area contributed by atoms with E-state index in [1.165, 1.54) is 7.11 Å². The molecule has 0 radical (unpaired) electrons. The molecule has 0 aliphatic carbocycles. The van der Waals surface area contributed by atoms with Crippen molar-refractivity contribution in [3.8, 4) is 0 Å². The first-order valence-corrected chi connectivity index (χ1v) is 8.07. The summed E-state index contributed by atoms with van der Waals surface area (Å²) >= 11 is 0. The molecule has 1 aromatic carbocycles. The number of carbonyl (C=O) groups excluding carboxylic acids is 2. The van der Waals surface area contributed by atoms with Gasteiger partial charge in [0.05, 0.1) is 12.7 Å². The van der Waals surface area contributed by atoms with Gasteiger partial charge in [0.2, 0.25) is 0 Å². The van der Waals surface area contributed by atoms with Crippen LogP contribution in [0.1, 0.15) is 43.2 Å². The molecule has 0 fully saturated rings. The number of methoxy groups -OCH3 is 1. The Morgan fingerprint density at radius 2 is 1.88 bits per heavy atom. The van der Waals surface area contributed by atoms with Gasteiger partial charge < -0.3 is 19.9 Å². The van der Waals surface area contributed by atoms with Crippen LogP contribution in [0.2, 0.25) is 0 Å². The first kappa shape index (κ1) is 18.7. The number of amides is 1. The number of nitrogens with zero attached hydrogens (tertiary/aromatic N) is 1. The number of nitrogens with one attached hydrogen (secondary N) is 2. The Morgan fingerprint density at radius 3 is 2.48 bits per heavy atom. The summed E-state index contributed by atoms with van der Waals surface area (Å²) in [4.78, 5) is 29.7. The second kappa shape index (κ2) is 7.53. The molecule has 1 amide bonds. The normalized spacial score (nSPS) is 10.8. The van der Waals surface area contributed by atoms with E-state index < -0.39 is 5.97 Å². The SMILES string of the molecule is COC(=O)c1c(C)[nH]c(C(=O)Nc2ccc(C)cc2CN(C)C)c1C. The van der Waals surface area contributed by atoms with Crippen LogP contribution < -0.4 is 5.32 Å². The summed E-state index contributed by atoms with van der Waals surface area (Å²) in [5.41, 5.74) is 4.91. The maximum Gasteiger partial charge on any atom is 0.339 e. The van der Waals surface area contributed by atoms with Crippen LogP contribution >= 0.6 is 0 Å². The molecule has 25 heavy (non-hydrogen) atoms. The van der Waals surface area contributed by atoms with E-state index in [4.69, 9.17) is 4.74 Å². The standard InChI is InChI=1S/C19H25N3O3/c1-11-7-8-15(14(9-11)10-22(4)5)21-18(23)17-12(2)16(13(3)20-17)19(24)25-6/h7-9,20H,10H2,1-6H3,(H,21,23). The molecule has 0 saturated carbocycles. The average molecular weight is 343 g/mol. The Labute approximate surface area is 148 Å². The lowest BCUT2D eigenvalue weighted by Crippen LogP contribution is -2.18. The monoisotopic (exact) mass is 343 g/mol. The molecule has 2 N–H and O–H groups in total. The predicted molar refractivity (Wildman–Crippen MR) is 98.1 cm³/mol. The highest BCUT2D eigenvalue weighted by atomic mass is 16.5. The number of aromatic amines is 1. The Hall–Kier alpha value is -2.60. The summed E-state index contributed by atoms with van der Waals surface area (Å²) in [5, 5.41) is 2.95. The van der Waals surface area contributed by atoms with E-state index in [1.807, 2.05) is 38.1 Å². The second-order valence-electron chi connectivity index (χ2n) is 6.47. The molecule has 0 aliphatic rings.